The first-order valence-electron chi connectivity index (χ1n) is 10.1. The number of fused-ring (bicyclic) bond motifs is 2. The minimum absolute atomic E-state index is 0.145. The molecule has 4 rings (SSSR count). The van der Waals surface area contributed by atoms with E-state index in [9.17, 15) is 18.0 Å². The van der Waals surface area contributed by atoms with Gasteiger partial charge in [0.25, 0.3) is 5.91 Å². The van der Waals surface area contributed by atoms with Crippen LogP contribution in [0.15, 0.2) is 0 Å². The highest BCUT2D eigenvalue weighted by molar-refractivity contribution is 7.99. The zero-order valence-corrected chi connectivity index (χ0v) is 18.1. The van der Waals surface area contributed by atoms with Gasteiger partial charge in [0.1, 0.15) is 6.04 Å². The van der Waals surface area contributed by atoms with Crippen LogP contribution in [0.1, 0.15) is 19.3 Å². The Balaban J connectivity index is 1.22. The Morgan fingerprint density at radius 3 is 2.77 bits per heavy atom. The molecule has 30 heavy (non-hydrogen) atoms. The van der Waals surface area contributed by atoms with Crippen molar-refractivity contribution in [3.63, 3.8) is 0 Å². The van der Waals surface area contributed by atoms with Gasteiger partial charge in [0, 0.05) is 49.8 Å². The van der Waals surface area contributed by atoms with E-state index < -0.39 is 34.4 Å². The number of rotatable bonds is 7. The molecule has 0 spiro atoms. The molecule has 0 aromatic carbocycles. The number of thioether (sulfide) groups is 1. The van der Waals surface area contributed by atoms with Crippen molar-refractivity contribution >= 4 is 34.1 Å². The van der Waals surface area contributed by atoms with Gasteiger partial charge in [-0.2, -0.15) is 25.2 Å². The largest absolute Gasteiger partial charge is 0.418 e. The number of carbonyl (C=O) groups is 2. The number of nitrogens with zero attached hydrogens (tertiary/aromatic N) is 3. The fourth-order valence-electron chi connectivity index (χ4n) is 4.53. The van der Waals surface area contributed by atoms with Crippen LogP contribution in [0, 0.1) is 0 Å². The molecule has 0 unspecified atom stereocenters. The summed E-state index contributed by atoms with van der Waals surface area (Å²) in [5, 5.41) is 4.04. The first kappa shape index (κ1) is 22.0. The summed E-state index contributed by atoms with van der Waals surface area (Å²) in [6.07, 6.45) is 1.67. The van der Waals surface area contributed by atoms with Gasteiger partial charge in [-0.3, -0.25) is 19.1 Å². The quantitative estimate of drug-likeness (QED) is 0.311. The Bertz CT molecular complexity index is 763. The fourth-order valence-corrected chi connectivity index (χ4v) is 5.85. The maximum absolute atomic E-state index is 12.5. The van der Waals surface area contributed by atoms with E-state index >= 15 is 0 Å². The third kappa shape index (κ3) is 5.00. The lowest BCUT2D eigenvalue weighted by Gasteiger charge is -2.31. The summed E-state index contributed by atoms with van der Waals surface area (Å²) in [6, 6.07) is -1.44. The summed E-state index contributed by atoms with van der Waals surface area (Å²) in [4.78, 5) is 34.0. The van der Waals surface area contributed by atoms with Gasteiger partial charge < -0.3 is 10.2 Å². The van der Waals surface area contributed by atoms with Crippen LogP contribution < -0.4 is 10.8 Å². The molecule has 4 aliphatic heterocycles. The molecular weight excluding hydrogens is 438 g/mol. The summed E-state index contributed by atoms with van der Waals surface area (Å²) in [5.74, 6) is 1.87. The average Bonchev–Trinajstić information content (AvgIpc) is 3.27. The number of hydroxylamine groups is 3. The number of hydrogen-bond donors (Lipinski definition) is 3. The zero-order chi connectivity index (χ0) is 21.3. The van der Waals surface area contributed by atoms with Crippen molar-refractivity contribution in [2.75, 3.05) is 44.3 Å². The molecule has 4 aliphatic rings. The van der Waals surface area contributed by atoms with Crippen molar-refractivity contribution < 1.29 is 31.7 Å². The molecule has 0 aliphatic carbocycles. The van der Waals surface area contributed by atoms with Crippen LogP contribution in [-0.2, 0) is 24.3 Å². The van der Waals surface area contributed by atoms with E-state index in [0.29, 0.717) is 30.6 Å². The van der Waals surface area contributed by atoms with Crippen molar-refractivity contribution in [1.82, 2.24) is 25.7 Å². The summed E-state index contributed by atoms with van der Waals surface area (Å²) >= 11 is 1.98. The lowest BCUT2D eigenvalue weighted by Crippen LogP contribution is -2.50. The lowest BCUT2D eigenvalue weighted by molar-refractivity contribution is -0.139. The van der Waals surface area contributed by atoms with Crippen molar-refractivity contribution in [3.8, 4) is 0 Å². The second kappa shape index (κ2) is 9.14. The van der Waals surface area contributed by atoms with Crippen LogP contribution in [0.3, 0.4) is 0 Å². The predicted molar refractivity (Wildman–Crippen MR) is 107 cm³/mol. The molecule has 0 radical (unpaired) electrons. The first-order valence-corrected chi connectivity index (χ1v) is 12.6. The van der Waals surface area contributed by atoms with Crippen molar-refractivity contribution in [2.24, 2.45) is 0 Å². The van der Waals surface area contributed by atoms with Crippen LogP contribution in [0.4, 0.5) is 4.79 Å². The number of urea groups is 1. The van der Waals surface area contributed by atoms with Crippen LogP contribution in [0.5, 0.6) is 0 Å². The highest BCUT2D eigenvalue weighted by Crippen LogP contribution is 2.30. The Kier molecular flexibility index (Phi) is 6.72. The Hall–Kier alpha value is -1.16. The molecule has 170 valence electrons. The molecular formula is C16H27N5O7S2. The summed E-state index contributed by atoms with van der Waals surface area (Å²) in [7, 11) is -4.81. The third-order valence-electron chi connectivity index (χ3n) is 6.02. The van der Waals surface area contributed by atoms with E-state index in [4.69, 9.17) is 9.39 Å². The zero-order valence-electron chi connectivity index (χ0n) is 16.4. The molecule has 4 fully saturated rings. The number of carbonyl (C=O) groups excluding carboxylic acids is 2. The minimum Gasteiger partial charge on any atom is -0.310 e. The van der Waals surface area contributed by atoms with Crippen molar-refractivity contribution in [3.05, 3.63) is 0 Å². The number of amides is 3. The highest BCUT2D eigenvalue weighted by atomic mass is 32.3. The summed E-state index contributed by atoms with van der Waals surface area (Å²) in [6.45, 7) is 3.58. The van der Waals surface area contributed by atoms with Crippen LogP contribution in [0.2, 0.25) is 0 Å². The van der Waals surface area contributed by atoms with Gasteiger partial charge in [-0.1, -0.05) is 0 Å². The van der Waals surface area contributed by atoms with E-state index in [0.717, 1.165) is 37.6 Å². The van der Waals surface area contributed by atoms with Crippen molar-refractivity contribution in [1.29, 1.82) is 0 Å². The van der Waals surface area contributed by atoms with E-state index in [1.165, 1.54) is 4.90 Å². The van der Waals surface area contributed by atoms with Crippen molar-refractivity contribution in [2.45, 2.75) is 43.4 Å². The SMILES string of the molecule is O=C(NOC[C@@H]1C[C@@H](N2CCSCC2)CN1)[C@@H]1CC[C@@H]2CN1C(=O)N2OS(=O)(=O)O. The van der Waals surface area contributed by atoms with Gasteiger partial charge in [0.05, 0.1) is 12.6 Å². The van der Waals surface area contributed by atoms with Gasteiger partial charge >= 0.3 is 16.4 Å². The molecule has 12 nitrogen and oxygen atoms in total. The second-order valence-electron chi connectivity index (χ2n) is 7.93. The lowest BCUT2D eigenvalue weighted by atomic mass is 10.0. The maximum Gasteiger partial charge on any atom is 0.418 e. The third-order valence-corrected chi connectivity index (χ3v) is 7.31. The van der Waals surface area contributed by atoms with Gasteiger partial charge in [-0.15, -0.1) is 4.28 Å². The molecule has 14 heteroatoms. The number of hydrogen-bond acceptors (Lipinski definition) is 9. The molecule has 0 saturated carbocycles. The maximum atomic E-state index is 12.5. The van der Waals surface area contributed by atoms with Gasteiger partial charge in [-0.25, -0.2) is 10.3 Å². The highest BCUT2D eigenvalue weighted by Gasteiger charge is 2.49. The molecule has 4 heterocycles. The van der Waals surface area contributed by atoms with E-state index in [-0.39, 0.29) is 12.6 Å². The molecule has 0 aromatic rings. The first-order chi connectivity index (χ1) is 14.3. The average molecular weight is 466 g/mol. The predicted octanol–water partition coefficient (Wildman–Crippen LogP) is -1.18. The molecule has 3 amide bonds. The van der Waals surface area contributed by atoms with Crippen LogP contribution >= 0.6 is 11.8 Å². The van der Waals surface area contributed by atoms with Gasteiger partial charge in [0.2, 0.25) is 0 Å². The Morgan fingerprint density at radius 1 is 1.27 bits per heavy atom. The molecule has 0 aromatic heterocycles. The van der Waals surface area contributed by atoms with E-state index in [1.807, 2.05) is 11.8 Å². The molecule has 4 saturated heterocycles. The molecule has 2 bridgehead atoms. The minimum atomic E-state index is -4.81. The standard InChI is InChI=1S/C16H27N5O7S2/c22-15(14-2-1-12-9-20(14)16(23)21(12)28-30(24,25)26)18-27-10-11-7-13(8-17-11)19-3-5-29-6-4-19/h11-14,17H,1-10H2,(H,18,22)(H,24,25,26)/t11-,12+,13+,14-/m0/s1. The monoisotopic (exact) mass is 465 g/mol. The summed E-state index contributed by atoms with van der Waals surface area (Å²) < 4.78 is 35.1. The molecule has 4 atom stereocenters. The van der Waals surface area contributed by atoms with E-state index in [2.05, 4.69) is 20.0 Å². The normalized spacial score (nSPS) is 32.6. The van der Waals surface area contributed by atoms with Gasteiger partial charge in [0.15, 0.2) is 0 Å². The topological polar surface area (TPSA) is 141 Å². The summed E-state index contributed by atoms with van der Waals surface area (Å²) in [5.41, 5.74) is 2.42. The molecule has 3 N–H and O–H groups in total. The van der Waals surface area contributed by atoms with E-state index in [1.54, 1.807) is 0 Å². The number of piperidine rings is 1. The van der Waals surface area contributed by atoms with Gasteiger partial charge in [-0.05, 0) is 19.3 Å². The Labute approximate surface area is 179 Å². The smallest absolute Gasteiger partial charge is 0.310 e. The number of nitrogens with one attached hydrogen (secondary N) is 2. The van der Waals surface area contributed by atoms with Crippen LogP contribution in [-0.4, -0.2) is 108 Å². The fraction of sp³-hybridized carbons (Fsp3) is 0.875. The Morgan fingerprint density at radius 2 is 2.03 bits per heavy atom. The van der Waals surface area contributed by atoms with Crippen LogP contribution in [0.25, 0.3) is 0 Å². The second-order valence-corrected chi connectivity index (χ2v) is 10.2.